The lowest BCUT2D eigenvalue weighted by molar-refractivity contribution is 0.00879. The molecule has 0 aliphatic heterocycles. The highest BCUT2D eigenvalue weighted by atomic mass is 127. The van der Waals surface area contributed by atoms with Crippen molar-refractivity contribution in [2.75, 3.05) is 50.7 Å². The summed E-state index contributed by atoms with van der Waals surface area (Å²) in [4.78, 5) is 0. The Hall–Kier alpha value is -0.370. The zero-order chi connectivity index (χ0) is 22.2. The molecule has 180 valence electrons. The van der Waals surface area contributed by atoms with Crippen LogP contribution in [0.1, 0.15) is 76.7 Å². The molecule has 4 nitrogen and oxygen atoms in total. The fourth-order valence-electron chi connectivity index (χ4n) is 3.27. The van der Waals surface area contributed by atoms with Gasteiger partial charge in [0.05, 0.1) is 33.0 Å². The Morgan fingerprint density at radius 1 is 0.581 bits per heavy atom. The van der Waals surface area contributed by atoms with Crippen LogP contribution in [-0.4, -0.2) is 50.7 Å². The van der Waals surface area contributed by atoms with Gasteiger partial charge in [-0.1, -0.05) is 86.6 Å². The molecule has 0 atom stereocenters. The van der Waals surface area contributed by atoms with E-state index in [1.54, 1.807) is 0 Å². The van der Waals surface area contributed by atoms with Crippen LogP contribution >= 0.6 is 22.6 Å². The number of benzene rings is 1. The lowest BCUT2D eigenvalue weighted by Crippen LogP contribution is -2.13. The van der Waals surface area contributed by atoms with E-state index in [1.165, 1.54) is 74.2 Å². The van der Waals surface area contributed by atoms with Crippen LogP contribution in [0.5, 0.6) is 5.75 Å². The molecule has 0 saturated heterocycles. The average Bonchev–Trinajstić information content (AvgIpc) is 2.79. The molecule has 31 heavy (non-hydrogen) atoms. The van der Waals surface area contributed by atoms with E-state index in [1.807, 2.05) is 0 Å². The molecule has 0 aliphatic carbocycles. The molecule has 0 aromatic heterocycles. The van der Waals surface area contributed by atoms with Gasteiger partial charge in [0.2, 0.25) is 0 Å². The summed E-state index contributed by atoms with van der Waals surface area (Å²) >= 11 is 2.43. The molecule has 0 heterocycles. The third-order valence-corrected chi connectivity index (χ3v) is 5.92. The first-order valence-electron chi connectivity index (χ1n) is 12.4. The normalized spacial score (nSPS) is 11.2. The Labute approximate surface area is 204 Å². The lowest BCUT2D eigenvalue weighted by atomic mass is 10.0. The number of halogens is 1. The van der Waals surface area contributed by atoms with E-state index in [2.05, 4.69) is 53.8 Å². The fourth-order valence-corrected chi connectivity index (χ4v) is 3.81. The van der Waals surface area contributed by atoms with E-state index in [0.717, 1.165) is 18.8 Å². The molecule has 0 unspecified atom stereocenters. The Morgan fingerprint density at radius 2 is 1.13 bits per heavy atom. The zero-order valence-electron chi connectivity index (χ0n) is 19.8. The second kappa shape index (κ2) is 22.8. The molecule has 1 aromatic rings. The summed E-state index contributed by atoms with van der Waals surface area (Å²) in [5, 5.41) is 0. The molecular weight excluding hydrogens is 503 g/mol. The minimum Gasteiger partial charge on any atom is -0.491 e. The van der Waals surface area contributed by atoms with E-state index >= 15 is 0 Å². The van der Waals surface area contributed by atoms with Crippen molar-refractivity contribution in [1.29, 1.82) is 0 Å². The maximum absolute atomic E-state index is 5.75. The average molecular weight is 549 g/mol. The van der Waals surface area contributed by atoms with Crippen molar-refractivity contribution < 1.29 is 18.9 Å². The predicted octanol–water partition coefficient (Wildman–Crippen LogP) is 7.01. The largest absolute Gasteiger partial charge is 0.491 e. The van der Waals surface area contributed by atoms with Gasteiger partial charge in [0.25, 0.3) is 0 Å². The second-order valence-corrected chi connectivity index (χ2v) is 9.03. The minimum absolute atomic E-state index is 0.567. The first-order chi connectivity index (χ1) is 15.4. The van der Waals surface area contributed by atoms with Crippen LogP contribution in [0, 0.1) is 0 Å². The molecule has 0 saturated carbocycles. The van der Waals surface area contributed by atoms with Crippen molar-refractivity contribution in [3.05, 3.63) is 29.8 Å². The second-order valence-electron chi connectivity index (χ2n) is 7.95. The molecule has 0 spiro atoms. The molecule has 0 radical (unpaired) electrons. The van der Waals surface area contributed by atoms with Gasteiger partial charge in [-0.3, -0.25) is 0 Å². The zero-order valence-corrected chi connectivity index (χ0v) is 21.9. The quantitative estimate of drug-likeness (QED) is 0.0838. The number of alkyl halides is 1. The first-order valence-corrected chi connectivity index (χ1v) is 13.9. The third-order valence-electron chi connectivity index (χ3n) is 5.16. The number of rotatable bonds is 23. The van der Waals surface area contributed by atoms with Crippen molar-refractivity contribution in [3.63, 3.8) is 0 Å². The number of ether oxygens (including phenoxy) is 4. The molecule has 0 aliphatic rings. The molecule has 5 heteroatoms. The summed E-state index contributed by atoms with van der Waals surface area (Å²) in [5.41, 5.74) is 1.40. The standard InChI is InChI=1S/C26H45IO4/c1-2-3-4-5-6-9-12-25-13-15-26(16-14-25)31-24-23-30-22-21-29-20-19-28-18-11-8-7-10-17-27/h13-16H,2-12,17-24H2,1H3. The van der Waals surface area contributed by atoms with Gasteiger partial charge >= 0.3 is 0 Å². The van der Waals surface area contributed by atoms with Crippen LogP contribution in [0.3, 0.4) is 0 Å². The van der Waals surface area contributed by atoms with E-state index in [0.29, 0.717) is 39.6 Å². The highest BCUT2D eigenvalue weighted by Crippen LogP contribution is 2.15. The van der Waals surface area contributed by atoms with Gasteiger partial charge in [-0.2, -0.15) is 0 Å². The summed E-state index contributed by atoms with van der Waals surface area (Å²) in [7, 11) is 0. The first kappa shape index (κ1) is 28.7. The maximum Gasteiger partial charge on any atom is 0.119 e. The predicted molar refractivity (Wildman–Crippen MR) is 139 cm³/mol. The van der Waals surface area contributed by atoms with Gasteiger partial charge in [-0.25, -0.2) is 0 Å². The summed E-state index contributed by atoms with van der Waals surface area (Å²) in [6, 6.07) is 8.50. The molecule has 1 rings (SSSR count). The Kier molecular flexibility index (Phi) is 21.1. The van der Waals surface area contributed by atoms with Gasteiger partial charge in [0.1, 0.15) is 12.4 Å². The number of hydrogen-bond acceptors (Lipinski definition) is 4. The Morgan fingerprint density at radius 3 is 1.81 bits per heavy atom. The maximum atomic E-state index is 5.75. The van der Waals surface area contributed by atoms with Crippen molar-refractivity contribution in [3.8, 4) is 5.75 Å². The van der Waals surface area contributed by atoms with E-state index in [-0.39, 0.29) is 0 Å². The third kappa shape index (κ3) is 18.9. The monoisotopic (exact) mass is 548 g/mol. The lowest BCUT2D eigenvalue weighted by Gasteiger charge is -2.09. The topological polar surface area (TPSA) is 36.9 Å². The highest BCUT2D eigenvalue weighted by Gasteiger charge is 1.98. The van der Waals surface area contributed by atoms with Crippen molar-refractivity contribution in [2.45, 2.75) is 77.6 Å². The summed E-state index contributed by atoms with van der Waals surface area (Å²) in [5.74, 6) is 0.915. The van der Waals surface area contributed by atoms with Gasteiger partial charge in [-0.05, 0) is 47.8 Å². The SMILES string of the molecule is CCCCCCCCc1ccc(OCCOCCOCCOCCCCCCI)cc1. The summed E-state index contributed by atoms with van der Waals surface area (Å²) < 4.78 is 23.7. The fraction of sp³-hybridized carbons (Fsp3) is 0.769. The Balaban J connectivity index is 1.86. The van der Waals surface area contributed by atoms with Crippen LogP contribution in [0.15, 0.2) is 24.3 Å². The summed E-state index contributed by atoms with van der Waals surface area (Å²) in [6.07, 6.45) is 14.3. The van der Waals surface area contributed by atoms with Crippen LogP contribution in [0.25, 0.3) is 0 Å². The molecule has 0 amide bonds. The van der Waals surface area contributed by atoms with E-state index < -0.39 is 0 Å². The van der Waals surface area contributed by atoms with Gasteiger partial charge in [-0.15, -0.1) is 0 Å². The molecule has 0 fully saturated rings. The molecule has 0 N–H and O–H groups in total. The summed E-state index contributed by atoms with van der Waals surface area (Å²) in [6.45, 7) is 6.76. The van der Waals surface area contributed by atoms with Crippen LogP contribution in [0.4, 0.5) is 0 Å². The van der Waals surface area contributed by atoms with Crippen LogP contribution < -0.4 is 4.74 Å². The molecular formula is C26H45IO4. The van der Waals surface area contributed by atoms with Gasteiger partial charge < -0.3 is 18.9 Å². The van der Waals surface area contributed by atoms with Crippen LogP contribution in [0.2, 0.25) is 0 Å². The highest BCUT2D eigenvalue weighted by molar-refractivity contribution is 14.1. The van der Waals surface area contributed by atoms with E-state index in [9.17, 15) is 0 Å². The van der Waals surface area contributed by atoms with Crippen LogP contribution in [-0.2, 0) is 20.6 Å². The van der Waals surface area contributed by atoms with Crippen molar-refractivity contribution in [2.24, 2.45) is 0 Å². The van der Waals surface area contributed by atoms with Crippen molar-refractivity contribution >= 4 is 22.6 Å². The van der Waals surface area contributed by atoms with Crippen molar-refractivity contribution in [1.82, 2.24) is 0 Å². The minimum atomic E-state index is 0.567. The van der Waals surface area contributed by atoms with Gasteiger partial charge in [0, 0.05) is 6.61 Å². The Bertz CT molecular complexity index is 481. The number of hydrogen-bond donors (Lipinski definition) is 0. The molecule has 1 aromatic carbocycles. The smallest absolute Gasteiger partial charge is 0.119 e. The van der Waals surface area contributed by atoms with E-state index in [4.69, 9.17) is 18.9 Å². The number of unbranched alkanes of at least 4 members (excludes halogenated alkanes) is 8. The van der Waals surface area contributed by atoms with Gasteiger partial charge in [0.15, 0.2) is 0 Å². The molecule has 0 bridgehead atoms. The number of aryl methyl sites for hydroxylation is 1.